The maximum Gasteiger partial charge on any atom is 0.277 e. The summed E-state index contributed by atoms with van der Waals surface area (Å²) >= 11 is 7.64. The molecule has 1 atom stereocenters. The van der Waals surface area contributed by atoms with Crippen LogP contribution in [-0.4, -0.2) is 28.5 Å². The van der Waals surface area contributed by atoms with E-state index in [9.17, 15) is 9.59 Å². The van der Waals surface area contributed by atoms with Crippen LogP contribution in [0.5, 0.6) is 0 Å². The smallest absolute Gasteiger partial charge is 0.277 e. The molecule has 6 nitrogen and oxygen atoms in total. The molecule has 0 radical (unpaired) electrons. The average molecular weight is 493 g/mol. The summed E-state index contributed by atoms with van der Waals surface area (Å²) in [6, 6.07) is 17.3. The standard InChI is InChI=1S/C26H25ClN4O2S/c1-17-8-10-20(11-9-17)31-25(33)23-22(12-14-34-23)29-26(31)30-13-4-6-19(16-30)24(32)28-15-18-5-2-3-7-21(18)27/h2-3,5,7-12,14,19H,4,6,13,15-16H2,1H3,(H,28,32)/t19-/m1/s1. The van der Waals surface area contributed by atoms with Crippen LogP contribution in [0.3, 0.4) is 0 Å². The number of hydrogen-bond acceptors (Lipinski definition) is 5. The lowest BCUT2D eigenvalue weighted by Crippen LogP contribution is -2.45. The van der Waals surface area contributed by atoms with Crippen LogP contribution in [0, 0.1) is 12.8 Å². The van der Waals surface area contributed by atoms with Crippen molar-refractivity contribution in [1.82, 2.24) is 14.9 Å². The van der Waals surface area contributed by atoms with Gasteiger partial charge in [0.1, 0.15) is 4.70 Å². The van der Waals surface area contributed by atoms with Crippen molar-refractivity contribution in [3.8, 4) is 5.69 Å². The van der Waals surface area contributed by atoms with Crippen LogP contribution < -0.4 is 15.8 Å². The second-order valence-electron chi connectivity index (χ2n) is 8.62. The molecule has 0 spiro atoms. The first-order chi connectivity index (χ1) is 16.5. The molecule has 2 aromatic heterocycles. The Morgan fingerprint density at radius 2 is 1.97 bits per heavy atom. The second kappa shape index (κ2) is 9.60. The van der Waals surface area contributed by atoms with Crippen LogP contribution in [0.15, 0.2) is 64.8 Å². The highest BCUT2D eigenvalue weighted by Gasteiger charge is 2.29. The van der Waals surface area contributed by atoms with Gasteiger partial charge in [0.15, 0.2) is 0 Å². The highest BCUT2D eigenvalue weighted by molar-refractivity contribution is 7.17. The SMILES string of the molecule is Cc1ccc(-n2c(N3CCC[C@@H](C(=O)NCc4ccccc4Cl)C3)nc3ccsc3c2=O)cc1. The van der Waals surface area contributed by atoms with Crippen LogP contribution >= 0.6 is 22.9 Å². The van der Waals surface area contributed by atoms with E-state index in [0.29, 0.717) is 34.3 Å². The van der Waals surface area contributed by atoms with Gasteiger partial charge in [0.05, 0.1) is 17.1 Å². The van der Waals surface area contributed by atoms with Crippen molar-refractivity contribution < 1.29 is 4.79 Å². The van der Waals surface area contributed by atoms with Crippen LogP contribution in [0.4, 0.5) is 5.95 Å². The summed E-state index contributed by atoms with van der Waals surface area (Å²) in [5, 5.41) is 5.57. The summed E-state index contributed by atoms with van der Waals surface area (Å²) in [6.45, 7) is 3.65. The molecule has 2 aromatic carbocycles. The van der Waals surface area contributed by atoms with Crippen molar-refractivity contribution >= 4 is 45.0 Å². The highest BCUT2D eigenvalue weighted by Crippen LogP contribution is 2.27. The summed E-state index contributed by atoms with van der Waals surface area (Å²) in [5.41, 5.74) is 3.40. The van der Waals surface area contributed by atoms with Crippen molar-refractivity contribution in [3.05, 3.63) is 86.5 Å². The van der Waals surface area contributed by atoms with E-state index in [1.54, 1.807) is 4.57 Å². The number of nitrogens with zero attached hydrogens (tertiary/aromatic N) is 3. The van der Waals surface area contributed by atoms with E-state index >= 15 is 0 Å². The first-order valence-electron chi connectivity index (χ1n) is 11.3. The third kappa shape index (κ3) is 4.45. The molecule has 1 fully saturated rings. The quantitative estimate of drug-likeness (QED) is 0.428. The minimum Gasteiger partial charge on any atom is -0.352 e. The Balaban J connectivity index is 1.43. The summed E-state index contributed by atoms with van der Waals surface area (Å²) in [6.07, 6.45) is 1.63. The summed E-state index contributed by atoms with van der Waals surface area (Å²) in [4.78, 5) is 33.4. The number of aryl methyl sites for hydroxylation is 1. The Hall–Kier alpha value is -3.16. The lowest BCUT2D eigenvalue weighted by atomic mass is 9.97. The maximum absolute atomic E-state index is 13.5. The predicted molar refractivity (Wildman–Crippen MR) is 138 cm³/mol. The van der Waals surface area contributed by atoms with Gasteiger partial charge in [-0.15, -0.1) is 11.3 Å². The van der Waals surface area contributed by atoms with Gasteiger partial charge in [-0.2, -0.15) is 0 Å². The average Bonchev–Trinajstić information content (AvgIpc) is 3.33. The van der Waals surface area contributed by atoms with E-state index in [1.165, 1.54) is 11.3 Å². The Labute approximate surface area is 206 Å². The van der Waals surface area contributed by atoms with Gasteiger partial charge < -0.3 is 10.2 Å². The molecule has 5 rings (SSSR count). The third-order valence-corrected chi connectivity index (χ3v) is 7.50. The topological polar surface area (TPSA) is 67.2 Å². The Morgan fingerprint density at radius 1 is 1.18 bits per heavy atom. The molecule has 1 saturated heterocycles. The molecular formula is C26H25ClN4O2S. The number of nitrogens with one attached hydrogen (secondary N) is 1. The van der Waals surface area contributed by atoms with Crippen molar-refractivity contribution in [2.45, 2.75) is 26.3 Å². The van der Waals surface area contributed by atoms with Crippen LogP contribution in [0.2, 0.25) is 5.02 Å². The number of rotatable bonds is 5. The van der Waals surface area contributed by atoms with Crippen LogP contribution in [-0.2, 0) is 11.3 Å². The lowest BCUT2D eigenvalue weighted by Gasteiger charge is -2.34. The number of hydrogen-bond donors (Lipinski definition) is 1. The van der Waals surface area contributed by atoms with Crippen molar-refractivity contribution in [1.29, 1.82) is 0 Å². The molecule has 0 unspecified atom stereocenters. The van der Waals surface area contributed by atoms with Crippen molar-refractivity contribution in [3.63, 3.8) is 0 Å². The molecule has 0 saturated carbocycles. The van der Waals surface area contributed by atoms with Gasteiger partial charge in [-0.3, -0.25) is 9.59 Å². The minimum absolute atomic E-state index is 0.00883. The highest BCUT2D eigenvalue weighted by atomic mass is 35.5. The zero-order chi connectivity index (χ0) is 23.7. The van der Waals surface area contributed by atoms with E-state index in [0.717, 1.165) is 36.2 Å². The zero-order valence-electron chi connectivity index (χ0n) is 18.8. The number of halogens is 1. The van der Waals surface area contributed by atoms with Gasteiger partial charge in [-0.25, -0.2) is 9.55 Å². The molecule has 1 aliphatic heterocycles. The molecule has 4 aromatic rings. The van der Waals surface area contributed by atoms with Crippen LogP contribution in [0.25, 0.3) is 15.9 Å². The molecule has 0 aliphatic carbocycles. The molecule has 174 valence electrons. The predicted octanol–water partition coefficient (Wildman–Crippen LogP) is 4.94. The molecule has 1 amide bonds. The monoisotopic (exact) mass is 492 g/mol. The van der Waals surface area contributed by atoms with Gasteiger partial charge >= 0.3 is 0 Å². The van der Waals surface area contributed by atoms with E-state index < -0.39 is 0 Å². The number of anilines is 1. The molecule has 0 bridgehead atoms. The largest absolute Gasteiger partial charge is 0.352 e. The number of piperidine rings is 1. The number of aromatic nitrogens is 2. The first kappa shape index (κ1) is 22.6. The number of thiophene rings is 1. The summed E-state index contributed by atoms with van der Waals surface area (Å²) in [5.74, 6) is 0.381. The molecule has 3 heterocycles. The van der Waals surface area contributed by atoms with Crippen molar-refractivity contribution in [2.24, 2.45) is 5.92 Å². The van der Waals surface area contributed by atoms with Crippen molar-refractivity contribution in [2.75, 3.05) is 18.0 Å². The Morgan fingerprint density at radius 3 is 2.76 bits per heavy atom. The molecule has 1 aliphatic rings. The molecule has 1 N–H and O–H groups in total. The number of benzene rings is 2. The van der Waals surface area contributed by atoms with E-state index in [1.807, 2.05) is 66.9 Å². The first-order valence-corrected chi connectivity index (χ1v) is 12.6. The van der Waals surface area contributed by atoms with Gasteiger partial charge in [-0.05, 0) is 55.0 Å². The molecule has 34 heavy (non-hydrogen) atoms. The summed E-state index contributed by atoms with van der Waals surface area (Å²) in [7, 11) is 0. The van der Waals surface area contributed by atoms with E-state index in [-0.39, 0.29) is 17.4 Å². The second-order valence-corrected chi connectivity index (χ2v) is 9.94. The van der Waals surface area contributed by atoms with Gasteiger partial charge in [0.2, 0.25) is 11.9 Å². The van der Waals surface area contributed by atoms with Gasteiger partial charge in [0, 0.05) is 24.7 Å². The Kier molecular flexibility index (Phi) is 6.39. The third-order valence-electron chi connectivity index (χ3n) is 6.24. The van der Waals surface area contributed by atoms with Gasteiger partial charge in [0.25, 0.3) is 5.56 Å². The summed E-state index contributed by atoms with van der Waals surface area (Å²) < 4.78 is 2.32. The van der Waals surface area contributed by atoms with E-state index in [4.69, 9.17) is 16.6 Å². The fraction of sp³-hybridized carbons (Fsp3) is 0.269. The van der Waals surface area contributed by atoms with Crippen LogP contribution in [0.1, 0.15) is 24.0 Å². The number of amides is 1. The Bertz CT molecular complexity index is 1400. The lowest BCUT2D eigenvalue weighted by molar-refractivity contribution is -0.125. The normalized spacial score (nSPS) is 16.1. The maximum atomic E-state index is 13.5. The number of carbonyl (C=O) groups excluding carboxylic acids is 1. The molecule has 8 heteroatoms. The number of carbonyl (C=O) groups is 1. The zero-order valence-corrected chi connectivity index (χ0v) is 20.4. The minimum atomic E-state index is -0.197. The van der Waals surface area contributed by atoms with Gasteiger partial charge in [-0.1, -0.05) is 47.5 Å². The number of fused-ring (bicyclic) bond motifs is 1. The molecular weight excluding hydrogens is 468 g/mol. The fourth-order valence-corrected chi connectivity index (χ4v) is 5.34. The van der Waals surface area contributed by atoms with E-state index in [2.05, 4.69) is 10.2 Å². The fourth-order valence-electron chi connectivity index (χ4n) is 4.38.